The van der Waals surface area contributed by atoms with E-state index < -0.39 is 5.97 Å². The monoisotopic (exact) mass is 298 g/mol. The molecule has 19 heavy (non-hydrogen) atoms. The molecule has 0 aliphatic rings. The number of halogens is 1. The van der Waals surface area contributed by atoms with Gasteiger partial charge in [-0.05, 0) is 25.1 Å². The van der Waals surface area contributed by atoms with Crippen molar-refractivity contribution in [3.63, 3.8) is 0 Å². The average Bonchev–Trinajstić information content (AvgIpc) is 2.36. The van der Waals surface area contributed by atoms with E-state index in [9.17, 15) is 9.59 Å². The van der Waals surface area contributed by atoms with Crippen LogP contribution in [-0.2, 0) is 11.3 Å². The van der Waals surface area contributed by atoms with Gasteiger partial charge in [0.05, 0.1) is 16.7 Å². The van der Waals surface area contributed by atoms with E-state index in [2.05, 4.69) is 4.98 Å². The van der Waals surface area contributed by atoms with Crippen LogP contribution in [0.2, 0.25) is 5.02 Å². The lowest BCUT2D eigenvalue weighted by Crippen LogP contribution is -2.22. The van der Waals surface area contributed by atoms with E-state index in [0.717, 1.165) is 11.8 Å². The molecular weight excluding hydrogens is 288 g/mol. The summed E-state index contributed by atoms with van der Waals surface area (Å²) < 4.78 is 1.46. The number of fused-ring (bicyclic) bond motifs is 1. The van der Waals surface area contributed by atoms with Crippen LogP contribution in [0, 0.1) is 0 Å². The van der Waals surface area contributed by atoms with E-state index in [-0.39, 0.29) is 11.3 Å². The minimum Gasteiger partial charge on any atom is -0.481 e. The average molecular weight is 299 g/mol. The molecule has 100 valence electrons. The zero-order valence-electron chi connectivity index (χ0n) is 10.1. The van der Waals surface area contributed by atoms with Crippen molar-refractivity contribution in [2.24, 2.45) is 0 Å². The Balaban J connectivity index is 2.61. The van der Waals surface area contributed by atoms with Crippen LogP contribution in [0.15, 0.2) is 28.2 Å². The molecule has 0 unspecified atom stereocenters. The quantitative estimate of drug-likeness (QED) is 0.692. The van der Waals surface area contributed by atoms with Crippen LogP contribution in [-0.4, -0.2) is 26.4 Å². The first kappa shape index (κ1) is 13.9. The van der Waals surface area contributed by atoms with Crippen LogP contribution in [0.1, 0.15) is 6.92 Å². The van der Waals surface area contributed by atoms with Crippen molar-refractivity contribution in [3.05, 3.63) is 33.6 Å². The molecule has 5 nitrogen and oxygen atoms in total. The number of carboxylic acid groups (broad SMARTS) is 1. The Morgan fingerprint density at radius 1 is 1.53 bits per heavy atom. The maximum Gasteiger partial charge on any atom is 0.313 e. The molecule has 0 spiro atoms. The molecule has 0 fully saturated rings. The van der Waals surface area contributed by atoms with Crippen LogP contribution in [0.5, 0.6) is 0 Å². The summed E-state index contributed by atoms with van der Waals surface area (Å²) in [5.41, 5.74) is 0.298. The Morgan fingerprint density at radius 2 is 2.26 bits per heavy atom. The fraction of sp³-hybridized carbons (Fsp3) is 0.250. The summed E-state index contributed by atoms with van der Waals surface area (Å²) in [7, 11) is 0. The molecule has 1 aromatic carbocycles. The highest BCUT2D eigenvalue weighted by molar-refractivity contribution is 7.99. The normalized spacial score (nSPS) is 10.8. The third-order valence-electron chi connectivity index (χ3n) is 2.52. The second-order valence-electron chi connectivity index (χ2n) is 3.79. The van der Waals surface area contributed by atoms with Crippen LogP contribution >= 0.6 is 23.4 Å². The van der Waals surface area contributed by atoms with Crippen LogP contribution < -0.4 is 5.56 Å². The molecule has 0 radical (unpaired) electrons. The van der Waals surface area contributed by atoms with E-state index in [1.165, 1.54) is 4.57 Å². The Bertz CT molecular complexity index is 699. The van der Waals surface area contributed by atoms with Gasteiger partial charge in [-0.25, -0.2) is 4.98 Å². The zero-order chi connectivity index (χ0) is 14.0. The number of carboxylic acids is 1. The van der Waals surface area contributed by atoms with Gasteiger partial charge in [0.2, 0.25) is 0 Å². The second-order valence-corrected chi connectivity index (χ2v) is 5.17. The molecule has 1 aromatic heterocycles. The second kappa shape index (κ2) is 5.63. The third kappa shape index (κ3) is 2.90. The van der Waals surface area contributed by atoms with Crippen LogP contribution in [0.4, 0.5) is 0 Å². The van der Waals surface area contributed by atoms with E-state index in [1.54, 1.807) is 18.2 Å². The summed E-state index contributed by atoms with van der Waals surface area (Å²) in [6.45, 7) is 2.25. The van der Waals surface area contributed by atoms with Crippen LogP contribution in [0.3, 0.4) is 0 Å². The summed E-state index contributed by atoms with van der Waals surface area (Å²) in [5.74, 6) is -1.09. The molecule has 0 atom stereocenters. The molecule has 1 heterocycles. The van der Waals surface area contributed by atoms with Gasteiger partial charge in [-0.2, -0.15) is 0 Å². The van der Waals surface area contributed by atoms with Crippen molar-refractivity contribution < 1.29 is 9.90 Å². The van der Waals surface area contributed by atoms with Gasteiger partial charge in [0.15, 0.2) is 5.16 Å². The highest BCUT2D eigenvalue weighted by atomic mass is 35.5. The lowest BCUT2D eigenvalue weighted by atomic mass is 10.2. The molecule has 2 rings (SSSR count). The molecule has 0 saturated carbocycles. The fourth-order valence-corrected chi connectivity index (χ4v) is 2.64. The minimum atomic E-state index is -0.951. The number of benzene rings is 1. The van der Waals surface area contributed by atoms with E-state index in [4.69, 9.17) is 16.7 Å². The molecule has 7 heteroatoms. The summed E-state index contributed by atoms with van der Waals surface area (Å²) >= 11 is 6.90. The van der Waals surface area contributed by atoms with Gasteiger partial charge in [0, 0.05) is 11.6 Å². The van der Waals surface area contributed by atoms with Crippen molar-refractivity contribution in [1.82, 2.24) is 9.55 Å². The standard InChI is InChI=1S/C12H11ClN2O3S/c1-2-15-11(18)8-4-3-7(13)5-9(8)14-12(15)19-6-10(16)17/h3-5H,2,6H2,1H3,(H,16,17). The third-order valence-corrected chi connectivity index (χ3v) is 3.72. The minimum absolute atomic E-state index is 0.140. The Labute approximate surface area is 118 Å². The SMILES string of the molecule is CCn1c(SCC(=O)O)nc2cc(Cl)ccc2c1=O. The van der Waals surface area contributed by atoms with Crippen molar-refractivity contribution in [1.29, 1.82) is 0 Å². The largest absolute Gasteiger partial charge is 0.481 e. The molecule has 0 amide bonds. The maximum atomic E-state index is 12.3. The molecule has 1 N–H and O–H groups in total. The number of thioether (sulfide) groups is 1. The van der Waals surface area contributed by atoms with Gasteiger partial charge < -0.3 is 5.11 Å². The van der Waals surface area contributed by atoms with Gasteiger partial charge in [-0.3, -0.25) is 14.2 Å². The van der Waals surface area contributed by atoms with E-state index in [1.807, 2.05) is 6.92 Å². The number of aliphatic carboxylic acids is 1. The first-order chi connectivity index (χ1) is 9.02. The van der Waals surface area contributed by atoms with Gasteiger partial charge in [0.1, 0.15) is 0 Å². The maximum absolute atomic E-state index is 12.3. The Kier molecular flexibility index (Phi) is 4.11. The Morgan fingerprint density at radius 3 is 2.89 bits per heavy atom. The number of carbonyl (C=O) groups is 1. The van der Waals surface area contributed by atoms with Gasteiger partial charge in [-0.15, -0.1) is 0 Å². The molecule has 0 saturated heterocycles. The summed E-state index contributed by atoms with van der Waals surface area (Å²) in [6, 6.07) is 4.87. The molecule has 0 bridgehead atoms. The predicted molar refractivity (Wildman–Crippen MR) is 75.0 cm³/mol. The van der Waals surface area contributed by atoms with Gasteiger partial charge in [-0.1, -0.05) is 23.4 Å². The van der Waals surface area contributed by atoms with Crippen molar-refractivity contribution in [3.8, 4) is 0 Å². The molecular formula is C12H11ClN2O3S. The van der Waals surface area contributed by atoms with E-state index >= 15 is 0 Å². The molecule has 0 aliphatic heterocycles. The lowest BCUT2D eigenvalue weighted by Gasteiger charge is -2.10. The number of rotatable bonds is 4. The zero-order valence-corrected chi connectivity index (χ0v) is 11.7. The fourth-order valence-electron chi connectivity index (χ4n) is 1.69. The Hall–Kier alpha value is -1.53. The van der Waals surface area contributed by atoms with Crippen LogP contribution in [0.25, 0.3) is 10.9 Å². The van der Waals surface area contributed by atoms with Crippen molar-refractivity contribution >= 4 is 40.2 Å². The highest BCUT2D eigenvalue weighted by Gasteiger charge is 2.12. The molecule has 2 aromatic rings. The highest BCUT2D eigenvalue weighted by Crippen LogP contribution is 2.20. The summed E-state index contributed by atoms with van der Waals surface area (Å²) in [4.78, 5) is 27.2. The van der Waals surface area contributed by atoms with Crippen molar-refractivity contribution in [2.45, 2.75) is 18.6 Å². The first-order valence-corrected chi connectivity index (χ1v) is 6.94. The number of nitrogens with zero attached hydrogens (tertiary/aromatic N) is 2. The lowest BCUT2D eigenvalue weighted by molar-refractivity contribution is -0.133. The first-order valence-electron chi connectivity index (χ1n) is 5.57. The summed E-state index contributed by atoms with van der Waals surface area (Å²) in [5, 5.41) is 10.1. The smallest absolute Gasteiger partial charge is 0.313 e. The molecule has 0 aliphatic carbocycles. The summed E-state index contributed by atoms with van der Waals surface area (Å²) in [6.07, 6.45) is 0. The van der Waals surface area contributed by atoms with E-state index in [0.29, 0.717) is 27.6 Å². The topological polar surface area (TPSA) is 72.2 Å². The predicted octanol–water partition coefficient (Wildman–Crippen LogP) is 2.25. The van der Waals surface area contributed by atoms with Gasteiger partial charge in [0.25, 0.3) is 5.56 Å². The van der Waals surface area contributed by atoms with Crippen molar-refractivity contribution in [2.75, 3.05) is 5.75 Å². The number of aromatic nitrogens is 2. The van der Waals surface area contributed by atoms with Gasteiger partial charge >= 0.3 is 5.97 Å². The number of hydrogen-bond acceptors (Lipinski definition) is 4. The number of hydrogen-bond donors (Lipinski definition) is 1.